The molecule has 2 heterocycles. The molecule has 25 heavy (non-hydrogen) atoms. The molecule has 7 heteroatoms. The van der Waals surface area contributed by atoms with Crippen molar-refractivity contribution < 1.29 is 13.9 Å². The molecule has 0 saturated heterocycles. The topological polar surface area (TPSA) is 60.2 Å². The molecule has 0 bridgehead atoms. The third kappa shape index (κ3) is 4.19. The summed E-state index contributed by atoms with van der Waals surface area (Å²) in [5, 5.41) is 4.87. The van der Waals surface area contributed by atoms with Crippen molar-refractivity contribution in [3.8, 4) is 0 Å². The van der Waals surface area contributed by atoms with E-state index in [1.165, 1.54) is 19.2 Å². The summed E-state index contributed by atoms with van der Waals surface area (Å²) in [5.74, 6) is -0.674. The molecule has 0 aliphatic carbocycles. The van der Waals surface area contributed by atoms with Gasteiger partial charge < -0.3 is 4.74 Å². The molecule has 0 amide bonds. The molecular weight excluding hydrogens is 323 g/mol. The number of rotatable bonds is 6. The highest BCUT2D eigenvalue weighted by molar-refractivity contribution is 5.81. The Morgan fingerprint density at radius 2 is 2.20 bits per heavy atom. The standard InChI is InChI=1S/C18H19FN4O2/c1-22-9-13(8-21-22)10-23(12-17(24)25-2)11-15-7-16(19)6-14-4-3-5-20-18(14)15/h3-9H,10-12H2,1-2H3. The fraction of sp³-hybridized carbons (Fsp3) is 0.278. The average Bonchev–Trinajstić information content (AvgIpc) is 2.99. The predicted octanol–water partition coefficient (Wildman–Crippen LogP) is 2.28. The van der Waals surface area contributed by atoms with Crippen LogP contribution in [-0.2, 0) is 29.7 Å². The Balaban J connectivity index is 1.90. The van der Waals surface area contributed by atoms with Crippen LogP contribution in [0.15, 0.2) is 42.9 Å². The van der Waals surface area contributed by atoms with Crippen LogP contribution in [-0.4, -0.2) is 39.3 Å². The van der Waals surface area contributed by atoms with Crippen molar-refractivity contribution in [2.75, 3.05) is 13.7 Å². The van der Waals surface area contributed by atoms with Gasteiger partial charge in [0.1, 0.15) is 5.82 Å². The van der Waals surface area contributed by atoms with Crippen LogP contribution in [0.3, 0.4) is 0 Å². The van der Waals surface area contributed by atoms with Gasteiger partial charge in [-0.05, 0) is 23.8 Å². The van der Waals surface area contributed by atoms with E-state index < -0.39 is 0 Å². The second kappa shape index (κ2) is 7.40. The number of carbonyl (C=O) groups excluding carboxylic acids is 1. The third-order valence-corrected chi connectivity index (χ3v) is 3.89. The minimum absolute atomic E-state index is 0.0935. The molecule has 0 aliphatic rings. The Morgan fingerprint density at radius 3 is 2.92 bits per heavy atom. The Bertz CT molecular complexity index is 894. The molecule has 0 spiro atoms. The van der Waals surface area contributed by atoms with Gasteiger partial charge >= 0.3 is 5.97 Å². The van der Waals surface area contributed by atoms with Gasteiger partial charge in [-0.1, -0.05) is 6.07 Å². The second-order valence-electron chi connectivity index (χ2n) is 5.88. The monoisotopic (exact) mass is 342 g/mol. The number of aromatic nitrogens is 3. The first-order valence-electron chi connectivity index (χ1n) is 7.85. The number of hydrogen-bond donors (Lipinski definition) is 0. The van der Waals surface area contributed by atoms with Crippen LogP contribution in [0.25, 0.3) is 10.9 Å². The minimum Gasteiger partial charge on any atom is -0.468 e. The van der Waals surface area contributed by atoms with Gasteiger partial charge in [-0.2, -0.15) is 5.10 Å². The summed E-state index contributed by atoms with van der Waals surface area (Å²) in [6.07, 6.45) is 5.30. The zero-order valence-electron chi connectivity index (χ0n) is 14.1. The van der Waals surface area contributed by atoms with Gasteiger partial charge in [0.25, 0.3) is 0 Å². The van der Waals surface area contributed by atoms with Gasteiger partial charge in [-0.3, -0.25) is 19.4 Å². The van der Waals surface area contributed by atoms with Crippen molar-refractivity contribution in [1.82, 2.24) is 19.7 Å². The number of nitrogens with zero attached hydrogens (tertiary/aromatic N) is 4. The van der Waals surface area contributed by atoms with E-state index in [0.29, 0.717) is 13.1 Å². The highest BCUT2D eigenvalue weighted by Gasteiger charge is 2.16. The maximum Gasteiger partial charge on any atom is 0.319 e. The lowest BCUT2D eigenvalue weighted by Gasteiger charge is -2.21. The van der Waals surface area contributed by atoms with Crippen LogP contribution in [0, 0.1) is 5.82 Å². The van der Waals surface area contributed by atoms with Crippen molar-refractivity contribution in [3.63, 3.8) is 0 Å². The zero-order valence-corrected chi connectivity index (χ0v) is 14.1. The van der Waals surface area contributed by atoms with E-state index in [9.17, 15) is 9.18 Å². The highest BCUT2D eigenvalue weighted by Crippen LogP contribution is 2.21. The summed E-state index contributed by atoms with van der Waals surface area (Å²) in [4.78, 5) is 18.0. The summed E-state index contributed by atoms with van der Waals surface area (Å²) in [6, 6.07) is 6.51. The number of ether oxygens (including phenoxy) is 1. The largest absolute Gasteiger partial charge is 0.468 e. The van der Waals surface area contributed by atoms with Crippen molar-refractivity contribution in [2.45, 2.75) is 13.1 Å². The van der Waals surface area contributed by atoms with Crippen LogP contribution in [0.1, 0.15) is 11.1 Å². The third-order valence-electron chi connectivity index (χ3n) is 3.89. The first-order chi connectivity index (χ1) is 12.0. The number of aryl methyl sites for hydroxylation is 1. The Morgan fingerprint density at radius 1 is 1.36 bits per heavy atom. The summed E-state index contributed by atoms with van der Waals surface area (Å²) in [5.41, 5.74) is 2.41. The molecule has 0 aliphatic heterocycles. The maximum atomic E-state index is 14.0. The number of hydrogen-bond acceptors (Lipinski definition) is 5. The van der Waals surface area contributed by atoms with Gasteiger partial charge in [0, 0.05) is 43.5 Å². The normalized spacial score (nSPS) is 11.2. The lowest BCUT2D eigenvalue weighted by Crippen LogP contribution is -2.30. The lowest BCUT2D eigenvalue weighted by molar-refractivity contribution is -0.142. The molecule has 0 fully saturated rings. The maximum absolute atomic E-state index is 14.0. The summed E-state index contributed by atoms with van der Waals surface area (Å²) in [6.45, 7) is 0.958. The average molecular weight is 342 g/mol. The van der Waals surface area contributed by atoms with E-state index in [4.69, 9.17) is 4.74 Å². The Kier molecular flexibility index (Phi) is 5.04. The molecule has 3 rings (SSSR count). The van der Waals surface area contributed by atoms with Gasteiger partial charge in [0.15, 0.2) is 0 Å². The number of fused-ring (bicyclic) bond motifs is 1. The zero-order chi connectivity index (χ0) is 17.8. The molecule has 2 aromatic heterocycles. The Labute approximate surface area is 144 Å². The molecule has 3 aromatic rings. The number of carbonyl (C=O) groups is 1. The van der Waals surface area contributed by atoms with E-state index in [2.05, 4.69) is 10.1 Å². The molecule has 6 nitrogen and oxygen atoms in total. The first kappa shape index (κ1) is 17.0. The summed E-state index contributed by atoms with van der Waals surface area (Å²) >= 11 is 0. The van der Waals surface area contributed by atoms with Gasteiger partial charge in [0.2, 0.25) is 0 Å². The molecule has 1 aromatic carbocycles. The molecule has 0 saturated carbocycles. The molecular formula is C18H19FN4O2. The fourth-order valence-corrected chi connectivity index (χ4v) is 2.82. The van der Waals surface area contributed by atoms with E-state index >= 15 is 0 Å². The van der Waals surface area contributed by atoms with Crippen LogP contribution < -0.4 is 0 Å². The number of methoxy groups -OCH3 is 1. The van der Waals surface area contributed by atoms with Crippen LogP contribution in [0.5, 0.6) is 0 Å². The van der Waals surface area contributed by atoms with Gasteiger partial charge in [-0.15, -0.1) is 0 Å². The number of benzene rings is 1. The number of pyridine rings is 1. The molecule has 130 valence electrons. The molecule has 0 N–H and O–H groups in total. The van der Waals surface area contributed by atoms with Crippen LogP contribution in [0.4, 0.5) is 4.39 Å². The van der Waals surface area contributed by atoms with E-state index in [-0.39, 0.29) is 18.3 Å². The predicted molar refractivity (Wildman–Crippen MR) is 91.0 cm³/mol. The van der Waals surface area contributed by atoms with Crippen molar-refractivity contribution >= 4 is 16.9 Å². The van der Waals surface area contributed by atoms with Crippen molar-refractivity contribution in [1.29, 1.82) is 0 Å². The number of halogens is 1. The molecule has 0 atom stereocenters. The molecule has 0 radical (unpaired) electrons. The van der Waals surface area contributed by atoms with E-state index in [0.717, 1.165) is 22.0 Å². The SMILES string of the molecule is COC(=O)CN(Cc1cnn(C)c1)Cc1cc(F)cc2cccnc12. The van der Waals surface area contributed by atoms with Crippen LogP contribution in [0.2, 0.25) is 0 Å². The molecule has 0 unspecified atom stereocenters. The van der Waals surface area contributed by atoms with Gasteiger partial charge in [-0.25, -0.2) is 4.39 Å². The first-order valence-corrected chi connectivity index (χ1v) is 7.85. The van der Waals surface area contributed by atoms with Gasteiger partial charge in [0.05, 0.1) is 25.4 Å². The lowest BCUT2D eigenvalue weighted by atomic mass is 10.1. The number of esters is 1. The minimum atomic E-state index is -0.349. The summed E-state index contributed by atoms with van der Waals surface area (Å²) in [7, 11) is 3.18. The van der Waals surface area contributed by atoms with Crippen LogP contribution >= 0.6 is 0 Å². The quantitative estimate of drug-likeness (QED) is 0.643. The van der Waals surface area contributed by atoms with E-state index in [1.54, 1.807) is 23.1 Å². The fourth-order valence-electron chi connectivity index (χ4n) is 2.82. The summed E-state index contributed by atoms with van der Waals surface area (Å²) < 4.78 is 20.4. The van der Waals surface area contributed by atoms with E-state index in [1.807, 2.05) is 24.2 Å². The Hall–Kier alpha value is -2.80. The van der Waals surface area contributed by atoms with Crippen molar-refractivity contribution in [3.05, 3.63) is 59.8 Å². The smallest absolute Gasteiger partial charge is 0.319 e. The highest BCUT2D eigenvalue weighted by atomic mass is 19.1. The van der Waals surface area contributed by atoms with Crippen molar-refractivity contribution in [2.24, 2.45) is 7.05 Å². The second-order valence-corrected chi connectivity index (χ2v) is 5.88.